The molecule has 0 radical (unpaired) electrons. The number of aryl methyl sites for hydroxylation is 1. The highest BCUT2D eigenvalue weighted by Crippen LogP contribution is 2.24. The lowest BCUT2D eigenvalue weighted by Gasteiger charge is -2.12. The second-order valence-electron chi connectivity index (χ2n) is 4.54. The van der Waals surface area contributed by atoms with Crippen LogP contribution in [0.5, 0.6) is 5.75 Å². The number of nitrogens with zero attached hydrogens (tertiary/aromatic N) is 3. The summed E-state index contributed by atoms with van der Waals surface area (Å²) in [4.78, 5) is 15.5. The Bertz CT molecular complexity index is 663. The summed E-state index contributed by atoms with van der Waals surface area (Å²) in [6.07, 6.45) is 3.30. The number of carbonyl (C=O) groups is 1. The maximum Gasteiger partial charge on any atom is 0.271 e. The molecule has 0 bridgehead atoms. The van der Waals surface area contributed by atoms with Gasteiger partial charge in [0.2, 0.25) is 0 Å². The van der Waals surface area contributed by atoms with Crippen LogP contribution >= 0.6 is 0 Å². The molecular weight excluding hydrogens is 258 g/mol. The van der Waals surface area contributed by atoms with E-state index in [9.17, 15) is 4.79 Å². The summed E-state index contributed by atoms with van der Waals surface area (Å²) in [5.41, 5.74) is 13.9. The zero-order chi connectivity index (χ0) is 14.9. The number of aromatic nitrogens is 3. The second-order valence-corrected chi connectivity index (χ2v) is 4.54. The minimum atomic E-state index is -0.646. The predicted molar refractivity (Wildman–Crippen MR) is 74.5 cm³/mol. The molecule has 0 aliphatic heterocycles. The molecule has 0 aliphatic carbocycles. The third-order valence-electron chi connectivity index (χ3n) is 3.08. The third kappa shape index (κ3) is 2.42. The van der Waals surface area contributed by atoms with Crippen molar-refractivity contribution in [2.24, 2.45) is 5.73 Å². The van der Waals surface area contributed by atoms with Gasteiger partial charge in [0.25, 0.3) is 5.91 Å². The molecule has 7 nitrogen and oxygen atoms in total. The smallest absolute Gasteiger partial charge is 0.271 e. The molecule has 0 spiro atoms. The Hall–Kier alpha value is -2.57. The summed E-state index contributed by atoms with van der Waals surface area (Å²) >= 11 is 0. The Labute approximate surface area is 116 Å². The lowest BCUT2D eigenvalue weighted by molar-refractivity contribution is 0.0995. The summed E-state index contributed by atoms with van der Waals surface area (Å²) in [7, 11) is 1.62. The van der Waals surface area contributed by atoms with Crippen LogP contribution in [0.1, 0.15) is 27.3 Å². The summed E-state index contributed by atoms with van der Waals surface area (Å²) in [5.74, 6) is 0.151. The lowest BCUT2D eigenvalue weighted by Crippen LogP contribution is -2.14. The van der Waals surface area contributed by atoms with Crippen molar-refractivity contribution in [1.82, 2.24) is 14.8 Å². The minimum Gasteiger partial charge on any atom is -0.496 e. The second kappa shape index (κ2) is 5.20. The number of hydrogen-bond acceptors (Lipinski definition) is 5. The van der Waals surface area contributed by atoms with Crippen molar-refractivity contribution in [2.75, 3.05) is 12.8 Å². The van der Waals surface area contributed by atoms with Crippen molar-refractivity contribution in [3.05, 3.63) is 34.9 Å². The summed E-state index contributed by atoms with van der Waals surface area (Å²) in [6.45, 7) is 4.25. The molecule has 4 N–H and O–H groups in total. The number of primary amides is 1. The average Bonchev–Trinajstić information content (AvgIpc) is 2.75. The SMILES string of the molecule is COc1c(C)cnc(Cn2cc(N)c(C(N)=O)n2)c1C. The molecule has 0 atom stereocenters. The van der Waals surface area contributed by atoms with Gasteiger partial charge in [-0.1, -0.05) is 0 Å². The Morgan fingerprint density at radius 2 is 2.15 bits per heavy atom. The fourth-order valence-corrected chi connectivity index (χ4v) is 2.09. The highest BCUT2D eigenvalue weighted by atomic mass is 16.5. The number of rotatable bonds is 4. The van der Waals surface area contributed by atoms with E-state index in [1.165, 1.54) is 0 Å². The van der Waals surface area contributed by atoms with E-state index >= 15 is 0 Å². The van der Waals surface area contributed by atoms with Crippen LogP contribution in [0.25, 0.3) is 0 Å². The van der Waals surface area contributed by atoms with Gasteiger partial charge in [0.05, 0.1) is 25.0 Å². The van der Waals surface area contributed by atoms with Crippen LogP contribution in [-0.2, 0) is 6.54 Å². The van der Waals surface area contributed by atoms with Crippen LogP contribution in [0, 0.1) is 13.8 Å². The molecule has 2 rings (SSSR count). The van der Waals surface area contributed by atoms with E-state index in [1.807, 2.05) is 13.8 Å². The van der Waals surface area contributed by atoms with E-state index < -0.39 is 5.91 Å². The molecule has 1 amide bonds. The van der Waals surface area contributed by atoms with E-state index in [2.05, 4.69) is 10.1 Å². The molecule has 20 heavy (non-hydrogen) atoms. The van der Waals surface area contributed by atoms with Crippen molar-refractivity contribution in [3.63, 3.8) is 0 Å². The lowest BCUT2D eigenvalue weighted by atomic mass is 10.1. The fourth-order valence-electron chi connectivity index (χ4n) is 2.09. The first-order chi connectivity index (χ1) is 9.43. The highest BCUT2D eigenvalue weighted by molar-refractivity contribution is 5.95. The molecule has 0 aromatic carbocycles. The van der Waals surface area contributed by atoms with Gasteiger partial charge in [-0.15, -0.1) is 0 Å². The molecule has 7 heteroatoms. The van der Waals surface area contributed by atoms with Crippen molar-refractivity contribution < 1.29 is 9.53 Å². The Kier molecular flexibility index (Phi) is 3.60. The van der Waals surface area contributed by atoms with Gasteiger partial charge in [0.1, 0.15) is 5.75 Å². The number of nitrogen functional groups attached to an aromatic ring is 1. The Morgan fingerprint density at radius 1 is 1.45 bits per heavy atom. The number of ether oxygens (including phenoxy) is 1. The molecule has 106 valence electrons. The van der Waals surface area contributed by atoms with Crippen molar-refractivity contribution >= 4 is 11.6 Å². The first-order valence-corrected chi connectivity index (χ1v) is 6.05. The van der Waals surface area contributed by atoms with Crippen molar-refractivity contribution in [1.29, 1.82) is 0 Å². The molecular formula is C13H17N5O2. The number of methoxy groups -OCH3 is 1. The van der Waals surface area contributed by atoms with Gasteiger partial charge in [0.15, 0.2) is 5.69 Å². The van der Waals surface area contributed by atoms with Crippen LogP contribution in [-0.4, -0.2) is 27.8 Å². The van der Waals surface area contributed by atoms with Gasteiger partial charge < -0.3 is 16.2 Å². The quantitative estimate of drug-likeness (QED) is 0.850. The van der Waals surface area contributed by atoms with Crippen LogP contribution in [0.2, 0.25) is 0 Å². The molecule has 2 heterocycles. The highest BCUT2D eigenvalue weighted by Gasteiger charge is 2.14. The average molecular weight is 275 g/mol. The molecule has 0 saturated carbocycles. The maximum atomic E-state index is 11.1. The summed E-state index contributed by atoms with van der Waals surface area (Å²) in [5, 5.41) is 4.06. The standard InChI is InChI=1S/C13H17N5O2/c1-7-4-16-10(8(2)12(7)20-3)6-18-5-9(14)11(17-18)13(15)19/h4-5H,6,14H2,1-3H3,(H2,15,19). The molecule has 0 saturated heterocycles. The van der Waals surface area contributed by atoms with Gasteiger partial charge in [-0.2, -0.15) is 5.10 Å². The molecule has 2 aromatic heterocycles. The van der Waals surface area contributed by atoms with E-state index in [-0.39, 0.29) is 11.4 Å². The third-order valence-corrected chi connectivity index (χ3v) is 3.08. The molecule has 0 aliphatic rings. The number of pyridine rings is 1. The van der Waals surface area contributed by atoms with Gasteiger partial charge in [-0.25, -0.2) is 0 Å². The predicted octanol–water partition coefficient (Wildman–Crippen LogP) is 0.633. The normalized spacial score (nSPS) is 10.6. The zero-order valence-corrected chi connectivity index (χ0v) is 11.7. The number of anilines is 1. The van der Waals surface area contributed by atoms with Gasteiger partial charge in [0, 0.05) is 23.5 Å². The summed E-state index contributed by atoms with van der Waals surface area (Å²) in [6, 6.07) is 0. The van der Waals surface area contributed by atoms with Gasteiger partial charge >= 0.3 is 0 Å². The summed E-state index contributed by atoms with van der Waals surface area (Å²) < 4.78 is 6.89. The van der Waals surface area contributed by atoms with Gasteiger partial charge in [-0.05, 0) is 13.8 Å². The van der Waals surface area contributed by atoms with Gasteiger partial charge in [-0.3, -0.25) is 14.5 Å². The van der Waals surface area contributed by atoms with E-state index in [4.69, 9.17) is 16.2 Å². The number of hydrogen-bond donors (Lipinski definition) is 2. The molecule has 0 fully saturated rings. The van der Waals surface area contributed by atoms with Crippen LogP contribution in [0.3, 0.4) is 0 Å². The largest absolute Gasteiger partial charge is 0.496 e. The number of carbonyl (C=O) groups excluding carboxylic acids is 1. The Morgan fingerprint density at radius 3 is 2.70 bits per heavy atom. The monoisotopic (exact) mass is 275 g/mol. The Balaban J connectivity index is 2.35. The van der Waals surface area contributed by atoms with Crippen LogP contribution in [0.15, 0.2) is 12.4 Å². The van der Waals surface area contributed by atoms with Crippen molar-refractivity contribution in [3.8, 4) is 5.75 Å². The topological polar surface area (TPSA) is 109 Å². The number of amides is 1. The van der Waals surface area contributed by atoms with Crippen LogP contribution in [0.4, 0.5) is 5.69 Å². The van der Waals surface area contributed by atoms with E-state index in [1.54, 1.807) is 24.2 Å². The van der Waals surface area contributed by atoms with Crippen LogP contribution < -0.4 is 16.2 Å². The van der Waals surface area contributed by atoms with Crippen molar-refractivity contribution in [2.45, 2.75) is 20.4 Å². The molecule has 0 unspecified atom stereocenters. The fraction of sp³-hybridized carbons (Fsp3) is 0.308. The molecule has 2 aromatic rings. The van der Waals surface area contributed by atoms with E-state index in [0.717, 1.165) is 22.6 Å². The first kappa shape index (κ1) is 13.9. The minimum absolute atomic E-state index is 0.0710. The van der Waals surface area contributed by atoms with E-state index in [0.29, 0.717) is 6.54 Å². The zero-order valence-electron chi connectivity index (χ0n) is 11.7. The maximum absolute atomic E-state index is 11.1. The number of nitrogens with two attached hydrogens (primary N) is 2. The first-order valence-electron chi connectivity index (χ1n) is 6.05.